The van der Waals surface area contributed by atoms with E-state index in [2.05, 4.69) is 15.4 Å². The molecule has 94 valence electrons. The van der Waals surface area contributed by atoms with Crippen molar-refractivity contribution in [1.82, 2.24) is 15.4 Å². The standard InChI is InChI=1S/C9H15N5O2S/c1-4(2)7(8(16)14-11)17-9-12-5(10)3-6(15)13-9/h3-4,7H,11H2,1-2H3,(H,14,16)(H3,10,12,13,15). The second-order valence-electron chi connectivity index (χ2n) is 3.77. The van der Waals surface area contributed by atoms with Crippen molar-refractivity contribution in [2.75, 3.05) is 5.73 Å². The second-order valence-corrected chi connectivity index (χ2v) is 4.90. The number of aromatic amines is 1. The third kappa shape index (κ3) is 3.75. The van der Waals surface area contributed by atoms with Crippen LogP contribution in [0.3, 0.4) is 0 Å². The average molecular weight is 257 g/mol. The highest BCUT2D eigenvalue weighted by Crippen LogP contribution is 2.25. The van der Waals surface area contributed by atoms with Crippen molar-refractivity contribution in [3.8, 4) is 0 Å². The summed E-state index contributed by atoms with van der Waals surface area (Å²) in [6, 6.07) is 1.18. The summed E-state index contributed by atoms with van der Waals surface area (Å²) in [5, 5.41) is -0.137. The Morgan fingerprint density at radius 2 is 2.24 bits per heavy atom. The zero-order valence-electron chi connectivity index (χ0n) is 9.56. The van der Waals surface area contributed by atoms with Crippen molar-refractivity contribution in [3.05, 3.63) is 16.4 Å². The molecule has 17 heavy (non-hydrogen) atoms. The molecule has 0 saturated heterocycles. The van der Waals surface area contributed by atoms with Gasteiger partial charge in [-0.1, -0.05) is 25.6 Å². The molecule has 1 amide bonds. The number of carbonyl (C=O) groups excluding carboxylic acids is 1. The lowest BCUT2D eigenvalue weighted by molar-refractivity contribution is -0.121. The van der Waals surface area contributed by atoms with Crippen LogP contribution in [0, 0.1) is 5.92 Å². The number of nitrogens with one attached hydrogen (secondary N) is 2. The molecule has 1 rings (SSSR count). The Morgan fingerprint density at radius 3 is 2.71 bits per heavy atom. The van der Waals surface area contributed by atoms with E-state index in [-0.39, 0.29) is 23.2 Å². The summed E-state index contributed by atoms with van der Waals surface area (Å²) in [5.74, 6) is 4.93. The maximum absolute atomic E-state index is 11.5. The van der Waals surface area contributed by atoms with Gasteiger partial charge in [0.05, 0.1) is 5.25 Å². The highest BCUT2D eigenvalue weighted by molar-refractivity contribution is 8.00. The maximum atomic E-state index is 11.5. The lowest BCUT2D eigenvalue weighted by Gasteiger charge is -2.17. The topological polar surface area (TPSA) is 127 Å². The molecule has 0 aromatic carbocycles. The lowest BCUT2D eigenvalue weighted by atomic mass is 10.1. The monoisotopic (exact) mass is 257 g/mol. The molecule has 0 saturated carbocycles. The van der Waals surface area contributed by atoms with Gasteiger partial charge in [0.25, 0.3) is 5.56 Å². The van der Waals surface area contributed by atoms with Crippen LogP contribution in [0.2, 0.25) is 0 Å². The molecular formula is C9H15N5O2S. The van der Waals surface area contributed by atoms with Crippen LogP contribution in [0.1, 0.15) is 13.8 Å². The molecule has 1 atom stereocenters. The van der Waals surface area contributed by atoms with Crippen molar-refractivity contribution in [3.63, 3.8) is 0 Å². The number of hydrazine groups is 1. The zero-order valence-corrected chi connectivity index (χ0v) is 10.4. The number of thioether (sulfide) groups is 1. The summed E-state index contributed by atoms with van der Waals surface area (Å²) in [6.07, 6.45) is 0. The Balaban J connectivity index is 2.93. The van der Waals surface area contributed by atoms with Gasteiger partial charge in [0.2, 0.25) is 5.91 Å². The largest absolute Gasteiger partial charge is 0.383 e. The normalized spacial score (nSPS) is 12.5. The minimum atomic E-state index is -0.440. The molecule has 1 aromatic rings. The number of nitrogen functional groups attached to an aromatic ring is 1. The number of amides is 1. The number of H-pyrrole nitrogens is 1. The van der Waals surface area contributed by atoms with E-state index in [1.807, 2.05) is 13.8 Å². The van der Waals surface area contributed by atoms with Gasteiger partial charge in [-0.3, -0.25) is 15.0 Å². The van der Waals surface area contributed by atoms with E-state index in [0.29, 0.717) is 5.16 Å². The average Bonchev–Trinajstić information content (AvgIpc) is 2.23. The smallest absolute Gasteiger partial charge is 0.253 e. The zero-order chi connectivity index (χ0) is 13.0. The Morgan fingerprint density at radius 1 is 1.59 bits per heavy atom. The van der Waals surface area contributed by atoms with E-state index in [9.17, 15) is 9.59 Å². The molecule has 0 radical (unpaired) electrons. The highest BCUT2D eigenvalue weighted by Gasteiger charge is 2.23. The van der Waals surface area contributed by atoms with Crippen LogP contribution in [-0.4, -0.2) is 21.1 Å². The Labute approximate surface area is 102 Å². The quantitative estimate of drug-likeness (QED) is 0.189. The van der Waals surface area contributed by atoms with E-state index in [1.165, 1.54) is 6.07 Å². The molecule has 0 aliphatic carbocycles. The maximum Gasteiger partial charge on any atom is 0.253 e. The molecule has 8 heteroatoms. The minimum Gasteiger partial charge on any atom is -0.383 e. The summed E-state index contributed by atoms with van der Waals surface area (Å²) >= 11 is 1.12. The van der Waals surface area contributed by atoms with Crippen molar-refractivity contribution >= 4 is 23.5 Å². The van der Waals surface area contributed by atoms with E-state index in [0.717, 1.165) is 11.8 Å². The number of nitrogens with two attached hydrogens (primary N) is 2. The summed E-state index contributed by atoms with van der Waals surface area (Å²) in [6.45, 7) is 3.74. The van der Waals surface area contributed by atoms with Gasteiger partial charge in [-0.25, -0.2) is 10.8 Å². The van der Waals surface area contributed by atoms with Crippen LogP contribution >= 0.6 is 11.8 Å². The first kappa shape index (κ1) is 13.5. The third-order valence-corrected chi connectivity index (χ3v) is 3.41. The van der Waals surface area contributed by atoms with Gasteiger partial charge < -0.3 is 10.7 Å². The molecule has 0 aliphatic rings. The van der Waals surface area contributed by atoms with Crippen molar-refractivity contribution in [2.24, 2.45) is 11.8 Å². The van der Waals surface area contributed by atoms with Crippen molar-refractivity contribution in [2.45, 2.75) is 24.3 Å². The number of hydrogen-bond donors (Lipinski definition) is 4. The lowest BCUT2D eigenvalue weighted by Crippen LogP contribution is -2.40. The van der Waals surface area contributed by atoms with Gasteiger partial charge in [-0.05, 0) is 5.92 Å². The number of aromatic nitrogens is 2. The number of anilines is 1. The molecule has 1 aromatic heterocycles. The molecule has 1 heterocycles. The van der Waals surface area contributed by atoms with Gasteiger partial charge in [-0.15, -0.1) is 0 Å². The fourth-order valence-electron chi connectivity index (χ4n) is 1.20. The number of rotatable bonds is 4. The SMILES string of the molecule is CC(C)C(Sc1nc(N)cc(=O)[nH]1)C(=O)NN. The molecule has 6 N–H and O–H groups in total. The molecule has 1 unspecified atom stereocenters. The van der Waals surface area contributed by atoms with Gasteiger partial charge in [-0.2, -0.15) is 0 Å². The Kier molecular flexibility index (Phi) is 4.53. The molecule has 7 nitrogen and oxygen atoms in total. The molecule has 0 fully saturated rings. The fraction of sp³-hybridized carbons (Fsp3) is 0.444. The highest BCUT2D eigenvalue weighted by atomic mass is 32.2. The third-order valence-electron chi connectivity index (χ3n) is 1.98. The predicted molar refractivity (Wildman–Crippen MR) is 66.1 cm³/mol. The second kappa shape index (κ2) is 5.69. The molecule has 0 aliphatic heterocycles. The minimum absolute atomic E-state index is 0.0373. The summed E-state index contributed by atoms with van der Waals surface area (Å²) in [7, 11) is 0. The van der Waals surface area contributed by atoms with E-state index in [1.54, 1.807) is 0 Å². The van der Waals surface area contributed by atoms with Crippen LogP contribution < -0.4 is 22.6 Å². The van der Waals surface area contributed by atoms with Crippen LogP contribution in [0.4, 0.5) is 5.82 Å². The van der Waals surface area contributed by atoms with E-state index < -0.39 is 5.25 Å². The van der Waals surface area contributed by atoms with E-state index >= 15 is 0 Å². The van der Waals surface area contributed by atoms with Gasteiger partial charge in [0.1, 0.15) is 5.82 Å². The fourth-order valence-corrected chi connectivity index (χ4v) is 2.21. The van der Waals surface area contributed by atoms with E-state index in [4.69, 9.17) is 11.6 Å². The number of nitrogens with zero attached hydrogens (tertiary/aromatic N) is 1. The number of carbonyl (C=O) groups is 1. The Bertz CT molecular complexity index is 459. The van der Waals surface area contributed by atoms with Gasteiger partial charge >= 0.3 is 0 Å². The molecule has 0 spiro atoms. The predicted octanol–water partition coefficient (Wildman–Crippen LogP) is -0.541. The van der Waals surface area contributed by atoms with Gasteiger partial charge in [0.15, 0.2) is 5.16 Å². The van der Waals surface area contributed by atoms with Crippen LogP contribution in [0.15, 0.2) is 16.0 Å². The van der Waals surface area contributed by atoms with Crippen LogP contribution in [0.25, 0.3) is 0 Å². The van der Waals surface area contributed by atoms with Crippen molar-refractivity contribution in [1.29, 1.82) is 0 Å². The van der Waals surface area contributed by atoms with Crippen LogP contribution in [0.5, 0.6) is 0 Å². The summed E-state index contributed by atoms with van der Waals surface area (Å²) in [5.41, 5.74) is 7.18. The Hall–Kier alpha value is -1.54. The first-order valence-electron chi connectivity index (χ1n) is 4.98. The van der Waals surface area contributed by atoms with Crippen LogP contribution in [-0.2, 0) is 4.79 Å². The van der Waals surface area contributed by atoms with Crippen molar-refractivity contribution < 1.29 is 4.79 Å². The first-order chi connectivity index (χ1) is 7.93. The first-order valence-corrected chi connectivity index (χ1v) is 5.86. The molecule has 0 bridgehead atoms. The van der Waals surface area contributed by atoms with Gasteiger partial charge in [0, 0.05) is 6.07 Å². The molecular weight excluding hydrogens is 242 g/mol. The summed E-state index contributed by atoms with van der Waals surface area (Å²) in [4.78, 5) is 29.2. The number of hydrogen-bond acceptors (Lipinski definition) is 6. The summed E-state index contributed by atoms with van der Waals surface area (Å²) < 4.78 is 0.